The summed E-state index contributed by atoms with van der Waals surface area (Å²) < 4.78 is -0.755. The second-order valence-corrected chi connectivity index (χ2v) is 10.8. The maximum Gasteiger partial charge on any atom is 0.327 e. The molecule has 2 aromatic heterocycles. The molecular weight excluding hydrogens is 502 g/mol. The Bertz CT molecular complexity index is 1440. The summed E-state index contributed by atoms with van der Waals surface area (Å²) in [4.78, 5) is 67.9. The van der Waals surface area contributed by atoms with Crippen molar-refractivity contribution in [1.29, 1.82) is 0 Å². The first-order valence-electron chi connectivity index (χ1n) is 11.1. The number of fused-ring (bicyclic) bond motifs is 2. The summed E-state index contributed by atoms with van der Waals surface area (Å²) in [7, 11) is 0. The molecule has 1 aromatic carbocycles. The van der Waals surface area contributed by atoms with Gasteiger partial charge in [0.05, 0.1) is 6.20 Å². The largest absolute Gasteiger partial charge is 0.492 e. The van der Waals surface area contributed by atoms with E-state index in [1.165, 1.54) is 29.2 Å². The molecule has 13 nitrogen and oxygen atoms in total. The lowest BCUT2D eigenvalue weighted by molar-refractivity contribution is -0.161. The summed E-state index contributed by atoms with van der Waals surface area (Å²) in [6.07, 6.45) is 2.54. The third-order valence-electron chi connectivity index (χ3n) is 6.19. The van der Waals surface area contributed by atoms with Crippen molar-refractivity contribution in [2.24, 2.45) is 0 Å². The number of nitrogens with zero attached hydrogens (tertiary/aromatic N) is 5. The van der Waals surface area contributed by atoms with Gasteiger partial charge in [-0.1, -0.05) is 30.3 Å². The van der Waals surface area contributed by atoms with E-state index in [0.29, 0.717) is 5.56 Å². The lowest BCUT2D eigenvalue weighted by Gasteiger charge is -2.44. The van der Waals surface area contributed by atoms with Crippen molar-refractivity contribution in [3.63, 3.8) is 0 Å². The first-order valence-corrected chi connectivity index (χ1v) is 12.0. The van der Waals surface area contributed by atoms with E-state index in [4.69, 9.17) is 0 Å². The van der Waals surface area contributed by atoms with Crippen LogP contribution in [-0.4, -0.2) is 80.9 Å². The van der Waals surface area contributed by atoms with Crippen LogP contribution in [0.3, 0.4) is 0 Å². The van der Waals surface area contributed by atoms with Crippen LogP contribution in [0.15, 0.2) is 42.9 Å². The zero-order valence-electron chi connectivity index (χ0n) is 19.5. The van der Waals surface area contributed by atoms with E-state index in [1.807, 2.05) is 0 Å². The van der Waals surface area contributed by atoms with E-state index < -0.39 is 63.5 Å². The SMILES string of the molecule is CC1(C)S[C@@H]2[C@H](NC(=O)C(NC(=O)c3nc4cncnc4nc3O)c3ccccc3)C(=O)N2[C@H]1C(=O)O. The summed E-state index contributed by atoms with van der Waals surface area (Å²) in [5, 5.41) is 24.5. The molecule has 1 unspecified atom stereocenters. The predicted molar refractivity (Wildman–Crippen MR) is 129 cm³/mol. The molecular formula is C23H21N7O6S. The highest BCUT2D eigenvalue weighted by atomic mass is 32.2. The van der Waals surface area contributed by atoms with Crippen LogP contribution in [0.2, 0.25) is 0 Å². The number of carbonyl (C=O) groups is 4. The number of benzene rings is 1. The fraction of sp³-hybridized carbons (Fsp3) is 0.304. The van der Waals surface area contributed by atoms with Crippen LogP contribution in [0, 0.1) is 0 Å². The van der Waals surface area contributed by atoms with Crippen molar-refractivity contribution in [1.82, 2.24) is 35.5 Å². The lowest BCUT2D eigenvalue weighted by Crippen LogP contribution is -2.71. The third kappa shape index (κ3) is 4.18. The molecule has 0 saturated carbocycles. The van der Waals surface area contributed by atoms with E-state index >= 15 is 0 Å². The van der Waals surface area contributed by atoms with Crippen LogP contribution in [0.5, 0.6) is 5.88 Å². The van der Waals surface area contributed by atoms with Gasteiger partial charge in [-0.25, -0.2) is 19.7 Å². The quantitative estimate of drug-likeness (QED) is 0.324. The van der Waals surface area contributed by atoms with Gasteiger partial charge in [-0.3, -0.25) is 14.4 Å². The molecule has 190 valence electrons. The van der Waals surface area contributed by atoms with E-state index in [9.17, 15) is 29.4 Å². The van der Waals surface area contributed by atoms with Gasteiger partial charge in [0, 0.05) is 4.75 Å². The smallest absolute Gasteiger partial charge is 0.327 e. The minimum Gasteiger partial charge on any atom is -0.492 e. The number of β-lactam (4-membered cyclic amide) rings is 1. The van der Waals surface area contributed by atoms with Crippen molar-refractivity contribution < 1.29 is 29.4 Å². The molecule has 14 heteroatoms. The Morgan fingerprint density at radius 3 is 2.59 bits per heavy atom. The molecule has 2 fully saturated rings. The second kappa shape index (κ2) is 8.96. The molecule has 5 rings (SSSR count). The molecule has 37 heavy (non-hydrogen) atoms. The standard InChI is InChI=1S/C23H21N7O6S/c1-23(2)15(22(35)36)30-20(34)14(21(30)37-23)28-17(31)12(10-6-4-3-5-7-10)27-18(32)13-19(33)29-16-11(26-13)8-24-9-25-16/h3-9,12,14-15,21H,1-2H3,(H,27,32)(H,28,31)(H,35,36)(H,24,25,29,33)/t12?,14-,15+,21-/m1/s1. The third-order valence-corrected chi connectivity index (χ3v) is 7.76. The van der Waals surface area contributed by atoms with Crippen LogP contribution in [0.4, 0.5) is 0 Å². The summed E-state index contributed by atoms with van der Waals surface area (Å²) in [5.74, 6) is -3.88. The van der Waals surface area contributed by atoms with Gasteiger partial charge in [0.15, 0.2) is 11.3 Å². The molecule has 0 radical (unpaired) electrons. The fourth-order valence-electron chi connectivity index (χ4n) is 4.48. The molecule has 3 amide bonds. The Kier molecular flexibility index (Phi) is 5.90. The molecule has 4 atom stereocenters. The summed E-state index contributed by atoms with van der Waals surface area (Å²) >= 11 is 1.29. The second-order valence-electron chi connectivity index (χ2n) is 9.03. The number of hydrogen-bond acceptors (Lipinski definition) is 10. The van der Waals surface area contributed by atoms with Crippen molar-refractivity contribution in [3.8, 4) is 5.88 Å². The van der Waals surface area contributed by atoms with Crippen LogP contribution in [0.25, 0.3) is 11.2 Å². The minimum absolute atomic E-state index is 0.0890. The molecule has 2 aliphatic rings. The number of aliphatic carboxylic acids is 1. The highest BCUT2D eigenvalue weighted by Gasteiger charge is 2.64. The highest BCUT2D eigenvalue weighted by Crippen LogP contribution is 2.50. The Balaban J connectivity index is 1.39. The monoisotopic (exact) mass is 523 g/mol. The highest BCUT2D eigenvalue weighted by molar-refractivity contribution is 8.01. The lowest BCUT2D eigenvalue weighted by atomic mass is 9.95. The van der Waals surface area contributed by atoms with Gasteiger partial charge in [-0.15, -0.1) is 11.8 Å². The average molecular weight is 524 g/mol. The normalized spacial score (nSPS) is 22.6. The van der Waals surface area contributed by atoms with Crippen molar-refractivity contribution in [3.05, 3.63) is 54.1 Å². The minimum atomic E-state index is -1.26. The number of aromatic hydroxyl groups is 1. The molecule has 3 aromatic rings. The Hall–Kier alpha value is -4.33. The van der Waals surface area contributed by atoms with Gasteiger partial charge in [0.2, 0.25) is 17.7 Å². The Labute approximate surface area is 213 Å². The molecule has 2 aliphatic heterocycles. The first kappa shape index (κ1) is 24.4. The van der Waals surface area contributed by atoms with Gasteiger partial charge in [0.1, 0.15) is 35.3 Å². The fourth-order valence-corrected chi connectivity index (χ4v) is 6.11. The number of amides is 3. The van der Waals surface area contributed by atoms with Gasteiger partial charge in [0.25, 0.3) is 5.91 Å². The molecule has 2 saturated heterocycles. The van der Waals surface area contributed by atoms with Gasteiger partial charge in [-0.05, 0) is 19.4 Å². The van der Waals surface area contributed by atoms with E-state index in [0.717, 1.165) is 0 Å². The maximum absolute atomic E-state index is 13.4. The number of thioether (sulfide) groups is 1. The number of carboxylic acids is 1. The van der Waals surface area contributed by atoms with Crippen molar-refractivity contribution in [2.75, 3.05) is 0 Å². The average Bonchev–Trinajstić information content (AvgIpc) is 3.13. The number of rotatable bonds is 6. The van der Waals surface area contributed by atoms with Gasteiger partial charge < -0.3 is 25.7 Å². The van der Waals surface area contributed by atoms with E-state index in [-0.39, 0.29) is 11.2 Å². The van der Waals surface area contributed by atoms with Gasteiger partial charge >= 0.3 is 5.97 Å². The van der Waals surface area contributed by atoms with Crippen LogP contribution >= 0.6 is 11.8 Å². The zero-order chi connectivity index (χ0) is 26.5. The first-order chi connectivity index (χ1) is 17.6. The number of hydrogen-bond donors (Lipinski definition) is 4. The van der Waals surface area contributed by atoms with Crippen molar-refractivity contribution >= 4 is 46.6 Å². The zero-order valence-corrected chi connectivity index (χ0v) is 20.3. The van der Waals surface area contributed by atoms with Crippen LogP contribution < -0.4 is 10.6 Å². The van der Waals surface area contributed by atoms with Crippen LogP contribution in [0.1, 0.15) is 35.9 Å². The topological polar surface area (TPSA) is 188 Å². The number of nitrogens with one attached hydrogen (secondary N) is 2. The summed E-state index contributed by atoms with van der Waals surface area (Å²) in [5.41, 5.74) is 0.238. The predicted octanol–water partition coefficient (Wildman–Crippen LogP) is 0.228. The number of carboxylic acid groups (broad SMARTS) is 1. The summed E-state index contributed by atoms with van der Waals surface area (Å²) in [6, 6.07) is 5.08. The number of aromatic nitrogens is 4. The molecule has 0 spiro atoms. The van der Waals surface area contributed by atoms with Crippen molar-refractivity contribution in [2.45, 2.75) is 42.1 Å². The molecule has 4 N–H and O–H groups in total. The van der Waals surface area contributed by atoms with E-state index in [1.54, 1.807) is 44.2 Å². The molecule has 0 bridgehead atoms. The summed E-state index contributed by atoms with van der Waals surface area (Å²) in [6.45, 7) is 3.46. The number of carbonyl (C=O) groups excluding carboxylic acids is 3. The Morgan fingerprint density at radius 2 is 1.89 bits per heavy atom. The molecule has 4 heterocycles. The van der Waals surface area contributed by atoms with Gasteiger partial charge in [-0.2, -0.15) is 4.98 Å². The Morgan fingerprint density at radius 1 is 1.16 bits per heavy atom. The maximum atomic E-state index is 13.4. The van der Waals surface area contributed by atoms with E-state index in [2.05, 4.69) is 30.6 Å². The molecule has 0 aliphatic carbocycles. The van der Waals surface area contributed by atoms with Crippen LogP contribution in [-0.2, 0) is 14.4 Å².